The van der Waals surface area contributed by atoms with Crippen LogP contribution in [0, 0.1) is 5.92 Å². The summed E-state index contributed by atoms with van der Waals surface area (Å²) in [6, 6.07) is 18.4. The molecule has 3 rings (SSSR count). The molecule has 0 bridgehead atoms. The van der Waals surface area contributed by atoms with Gasteiger partial charge in [-0.3, -0.25) is 4.79 Å². The topological polar surface area (TPSA) is 17.1 Å². The van der Waals surface area contributed by atoms with E-state index < -0.39 is 0 Å². The molecular formula is C20H20O. The van der Waals surface area contributed by atoms with Crippen molar-refractivity contribution in [2.75, 3.05) is 0 Å². The van der Waals surface area contributed by atoms with Gasteiger partial charge in [-0.05, 0) is 36.3 Å². The lowest BCUT2D eigenvalue weighted by Crippen LogP contribution is -2.28. The molecule has 0 unspecified atom stereocenters. The Hall–Kier alpha value is -2.15. The number of fused-ring (bicyclic) bond motifs is 1. The molecule has 0 aliphatic heterocycles. The van der Waals surface area contributed by atoms with E-state index in [0.29, 0.717) is 5.78 Å². The van der Waals surface area contributed by atoms with Crippen LogP contribution < -0.4 is 0 Å². The molecule has 21 heavy (non-hydrogen) atoms. The number of Topliss-reactive ketones (excluding diaryl/α,β-unsaturated/α-hetero) is 1. The van der Waals surface area contributed by atoms with Crippen molar-refractivity contribution >= 4 is 5.78 Å². The lowest BCUT2D eigenvalue weighted by Gasteiger charge is -2.30. The van der Waals surface area contributed by atoms with Crippen LogP contribution >= 0.6 is 0 Å². The van der Waals surface area contributed by atoms with Gasteiger partial charge in [0.05, 0.1) is 0 Å². The molecule has 0 fully saturated rings. The largest absolute Gasteiger partial charge is 0.294 e. The average molecular weight is 276 g/mol. The Balaban J connectivity index is 1.95. The van der Waals surface area contributed by atoms with Crippen LogP contribution in [-0.2, 0) is 6.42 Å². The predicted octanol–water partition coefficient (Wildman–Crippen LogP) is 4.79. The molecule has 1 heteroatoms. The van der Waals surface area contributed by atoms with Gasteiger partial charge in [-0.15, -0.1) is 6.58 Å². The molecule has 2 atom stereocenters. The van der Waals surface area contributed by atoms with Crippen molar-refractivity contribution in [2.45, 2.75) is 25.2 Å². The number of rotatable bonds is 4. The van der Waals surface area contributed by atoms with E-state index in [4.69, 9.17) is 0 Å². The molecule has 0 aromatic heterocycles. The second-order valence-electron chi connectivity index (χ2n) is 5.71. The average Bonchev–Trinajstić information content (AvgIpc) is 2.55. The Morgan fingerprint density at radius 1 is 1.10 bits per heavy atom. The minimum absolute atomic E-state index is 0.0697. The third kappa shape index (κ3) is 2.69. The van der Waals surface area contributed by atoms with Gasteiger partial charge in [0.2, 0.25) is 0 Å². The van der Waals surface area contributed by atoms with Crippen molar-refractivity contribution in [1.29, 1.82) is 0 Å². The van der Waals surface area contributed by atoms with E-state index in [9.17, 15) is 4.79 Å². The highest BCUT2D eigenvalue weighted by molar-refractivity contribution is 6.00. The van der Waals surface area contributed by atoms with E-state index in [2.05, 4.69) is 24.8 Å². The maximum absolute atomic E-state index is 12.9. The van der Waals surface area contributed by atoms with Crippen LogP contribution in [0.2, 0.25) is 0 Å². The van der Waals surface area contributed by atoms with E-state index in [1.165, 1.54) is 11.1 Å². The molecule has 2 aromatic rings. The molecule has 0 saturated carbocycles. The zero-order chi connectivity index (χ0) is 14.7. The fourth-order valence-corrected chi connectivity index (χ4v) is 3.42. The molecule has 0 amide bonds. The summed E-state index contributed by atoms with van der Waals surface area (Å²) in [4.78, 5) is 12.9. The van der Waals surface area contributed by atoms with Crippen molar-refractivity contribution in [2.24, 2.45) is 5.92 Å². The Morgan fingerprint density at radius 3 is 2.57 bits per heavy atom. The number of hydrogen-bond acceptors (Lipinski definition) is 1. The van der Waals surface area contributed by atoms with Crippen molar-refractivity contribution in [3.05, 3.63) is 83.9 Å². The molecule has 1 nitrogen and oxygen atoms in total. The summed E-state index contributed by atoms with van der Waals surface area (Å²) in [7, 11) is 0. The van der Waals surface area contributed by atoms with Crippen LogP contribution in [0.1, 0.15) is 40.2 Å². The summed E-state index contributed by atoms with van der Waals surface area (Å²) in [6.07, 6.45) is 4.71. The molecule has 1 aliphatic carbocycles. The van der Waals surface area contributed by atoms with Gasteiger partial charge < -0.3 is 0 Å². The second kappa shape index (κ2) is 6.09. The van der Waals surface area contributed by atoms with Crippen molar-refractivity contribution in [3.8, 4) is 0 Å². The van der Waals surface area contributed by atoms with Crippen LogP contribution in [0.15, 0.2) is 67.3 Å². The smallest absolute Gasteiger partial charge is 0.166 e. The fraction of sp³-hybridized carbons (Fsp3) is 0.250. The van der Waals surface area contributed by atoms with E-state index in [1.807, 2.05) is 42.5 Å². The monoisotopic (exact) mass is 276 g/mol. The highest BCUT2D eigenvalue weighted by atomic mass is 16.1. The maximum Gasteiger partial charge on any atom is 0.166 e. The number of benzene rings is 2. The van der Waals surface area contributed by atoms with Crippen molar-refractivity contribution in [1.82, 2.24) is 0 Å². The van der Waals surface area contributed by atoms with Gasteiger partial charge in [0, 0.05) is 11.5 Å². The van der Waals surface area contributed by atoms with Gasteiger partial charge in [-0.1, -0.05) is 60.7 Å². The van der Waals surface area contributed by atoms with E-state index >= 15 is 0 Å². The number of carbonyl (C=O) groups is 1. The summed E-state index contributed by atoms with van der Waals surface area (Å²) in [5.41, 5.74) is 3.36. The van der Waals surface area contributed by atoms with Crippen molar-refractivity contribution < 1.29 is 4.79 Å². The minimum Gasteiger partial charge on any atom is -0.294 e. The summed E-state index contributed by atoms with van der Waals surface area (Å²) in [5, 5.41) is 0. The number of ketones is 1. The van der Waals surface area contributed by atoms with Crippen LogP contribution in [-0.4, -0.2) is 5.78 Å². The predicted molar refractivity (Wildman–Crippen MR) is 86.6 cm³/mol. The maximum atomic E-state index is 12.9. The lowest BCUT2D eigenvalue weighted by molar-refractivity contribution is 0.0879. The first-order valence-corrected chi connectivity index (χ1v) is 7.59. The van der Waals surface area contributed by atoms with Crippen LogP contribution in [0.3, 0.4) is 0 Å². The highest BCUT2D eigenvalue weighted by Gasteiger charge is 2.33. The molecule has 0 spiro atoms. The van der Waals surface area contributed by atoms with Gasteiger partial charge in [-0.25, -0.2) is 0 Å². The Labute approximate surface area is 126 Å². The summed E-state index contributed by atoms with van der Waals surface area (Å²) in [5.74, 6) is 0.609. The normalized spacial score (nSPS) is 18.9. The third-order valence-electron chi connectivity index (χ3n) is 4.48. The van der Waals surface area contributed by atoms with E-state index in [1.54, 1.807) is 0 Å². The van der Waals surface area contributed by atoms with E-state index in [0.717, 1.165) is 24.8 Å². The first kappa shape index (κ1) is 13.8. The Kier molecular flexibility index (Phi) is 4.01. The van der Waals surface area contributed by atoms with Gasteiger partial charge in [0.25, 0.3) is 0 Å². The van der Waals surface area contributed by atoms with Gasteiger partial charge in [0.15, 0.2) is 5.78 Å². The summed E-state index contributed by atoms with van der Waals surface area (Å²) < 4.78 is 0. The summed E-state index contributed by atoms with van der Waals surface area (Å²) >= 11 is 0. The van der Waals surface area contributed by atoms with Gasteiger partial charge in [0.1, 0.15) is 0 Å². The van der Waals surface area contributed by atoms with E-state index in [-0.39, 0.29) is 11.8 Å². The highest BCUT2D eigenvalue weighted by Crippen LogP contribution is 2.37. The molecule has 0 saturated heterocycles. The Morgan fingerprint density at radius 2 is 1.81 bits per heavy atom. The number of aryl methyl sites for hydroxylation is 1. The quantitative estimate of drug-likeness (QED) is 0.734. The zero-order valence-corrected chi connectivity index (χ0v) is 12.2. The minimum atomic E-state index is 0.0697. The zero-order valence-electron chi connectivity index (χ0n) is 12.2. The van der Waals surface area contributed by atoms with Gasteiger partial charge in [-0.2, -0.15) is 0 Å². The first-order valence-electron chi connectivity index (χ1n) is 7.59. The molecule has 0 radical (unpaired) electrons. The molecule has 1 aliphatic rings. The molecular weight excluding hydrogens is 256 g/mol. The molecule has 2 aromatic carbocycles. The molecule has 0 heterocycles. The number of carbonyl (C=O) groups excluding carboxylic acids is 1. The summed E-state index contributed by atoms with van der Waals surface area (Å²) in [6.45, 7) is 3.88. The standard InChI is InChI=1S/C20H20O/c1-2-8-17(15-9-4-3-5-10-15)19-14-13-16-11-6-7-12-18(16)20(19)21/h2-7,9-12,17,19H,1,8,13-14H2/t17-,19-/m0/s1. The number of allylic oxidation sites excluding steroid dienone is 1. The fourth-order valence-electron chi connectivity index (χ4n) is 3.42. The van der Waals surface area contributed by atoms with Crippen LogP contribution in [0.4, 0.5) is 0 Å². The third-order valence-corrected chi connectivity index (χ3v) is 4.48. The lowest BCUT2D eigenvalue weighted by atomic mass is 9.72. The van der Waals surface area contributed by atoms with Gasteiger partial charge >= 0.3 is 0 Å². The first-order chi connectivity index (χ1) is 10.3. The number of hydrogen-bond donors (Lipinski definition) is 0. The molecule has 0 N–H and O–H groups in total. The Bertz CT molecular complexity index is 642. The van der Waals surface area contributed by atoms with Crippen LogP contribution in [0.5, 0.6) is 0 Å². The molecule has 106 valence electrons. The van der Waals surface area contributed by atoms with Crippen molar-refractivity contribution in [3.63, 3.8) is 0 Å². The second-order valence-corrected chi connectivity index (χ2v) is 5.71. The van der Waals surface area contributed by atoms with Crippen LogP contribution in [0.25, 0.3) is 0 Å². The SMILES string of the molecule is C=CC[C@@H](c1ccccc1)[C@@H]1CCc2ccccc2C1=O.